The first-order valence-electron chi connectivity index (χ1n) is 5.47. The van der Waals surface area contributed by atoms with Gasteiger partial charge in [-0.1, -0.05) is 19.0 Å². The van der Waals surface area contributed by atoms with Crippen LogP contribution in [0.1, 0.15) is 35.8 Å². The number of aromatic nitrogens is 2. The average Bonchev–Trinajstić information content (AvgIpc) is 2.70. The highest BCUT2D eigenvalue weighted by Gasteiger charge is 2.16. The molecule has 0 aliphatic heterocycles. The standard InChI is InChI=1S/C12H15N3O2/c1-7(2)10-9-5-8(12(16)15(3)4)6-13-11(9)17-14-10/h5-7H,1-4H3. The van der Waals surface area contributed by atoms with Gasteiger partial charge in [-0.2, -0.15) is 0 Å². The van der Waals surface area contributed by atoms with E-state index in [0.29, 0.717) is 11.3 Å². The van der Waals surface area contributed by atoms with Gasteiger partial charge in [0.15, 0.2) is 0 Å². The van der Waals surface area contributed by atoms with Crippen molar-refractivity contribution in [2.45, 2.75) is 19.8 Å². The lowest BCUT2D eigenvalue weighted by atomic mass is 10.1. The second kappa shape index (κ2) is 4.16. The Kier molecular flexibility index (Phi) is 2.83. The molecule has 0 saturated carbocycles. The third-order valence-corrected chi connectivity index (χ3v) is 2.56. The molecular weight excluding hydrogens is 218 g/mol. The van der Waals surface area contributed by atoms with E-state index < -0.39 is 0 Å². The van der Waals surface area contributed by atoms with Crippen molar-refractivity contribution < 1.29 is 9.32 Å². The van der Waals surface area contributed by atoms with E-state index in [1.54, 1.807) is 20.2 Å². The minimum absolute atomic E-state index is 0.0738. The average molecular weight is 233 g/mol. The van der Waals surface area contributed by atoms with Gasteiger partial charge in [-0.25, -0.2) is 4.98 Å². The number of carbonyl (C=O) groups is 1. The van der Waals surface area contributed by atoms with Crippen LogP contribution in [-0.2, 0) is 0 Å². The van der Waals surface area contributed by atoms with E-state index in [9.17, 15) is 4.79 Å². The summed E-state index contributed by atoms with van der Waals surface area (Å²) in [5.41, 5.74) is 1.86. The molecule has 0 spiro atoms. The zero-order chi connectivity index (χ0) is 12.6. The Morgan fingerprint density at radius 1 is 1.41 bits per heavy atom. The van der Waals surface area contributed by atoms with E-state index in [1.165, 1.54) is 11.1 Å². The molecule has 17 heavy (non-hydrogen) atoms. The highest BCUT2D eigenvalue weighted by molar-refractivity contribution is 5.96. The van der Waals surface area contributed by atoms with E-state index in [1.807, 2.05) is 13.8 Å². The molecule has 0 fully saturated rings. The molecule has 0 aromatic carbocycles. The zero-order valence-electron chi connectivity index (χ0n) is 10.4. The molecule has 1 amide bonds. The number of hydrogen-bond donors (Lipinski definition) is 0. The van der Waals surface area contributed by atoms with E-state index >= 15 is 0 Å². The number of carbonyl (C=O) groups excluding carboxylic acids is 1. The fourth-order valence-corrected chi connectivity index (χ4v) is 1.64. The molecule has 0 aliphatic carbocycles. The molecule has 5 nitrogen and oxygen atoms in total. The van der Waals surface area contributed by atoms with Crippen molar-refractivity contribution in [3.63, 3.8) is 0 Å². The van der Waals surface area contributed by atoms with E-state index in [4.69, 9.17) is 4.52 Å². The molecule has 2 aromatic heterocycles. The van der Waals surface area contributed by atoms with Crippen LogP contribution in [-0.4, -0.2) is 35.0 Å². The third-order valence-electron chi connectivity index (χ3n) is 2.56. The van der Waals surface area contributed by atoms with Gasteiger partial charge in [0.25, 0.3) is 11.6 Å². The fraction of sp³-hybridized carbons (Fsp3) is 0.417. The zero-order valence-corrected chi connectivity index (χ0v) is 10.4. The highest BCUT2D eigenvalue weighted by Crippen LogP contribution is 2.24. The summed E-state index contributed by atoms with van der Waals surface area (Å²) in [4.78, 5) is 17.5. The summed E-state index contributed by atoms with van der Waals surface area (Å²) in [7, 11) is 3.42. The summed E-state index contributed by atoms with van der Waals surface area (Å²) in [5, 5.41) is 4.79. The van der Waals surface area contributed by atoms with Gasteiger partial charge >= 0.3 is 0 Å². The smallest absolute Gasteiger partial charge is 0.257 e. The lowest BCUT2D eigenvalue weighted by Gasteiger charge is -2.09. The molecule has 0 radical (unpaired) electrons. The Morgan fingerprint density at radius 2 is 2.12 bits per heavy atom. The van der Waals surface area contributed by atoms with Crippen molar-refractivity contribution in [1.82, 2.24) is 15.0 Å². The van der Waals surface area contributed by atoms with E-state index in [2.05, 4.69) is 10.1 Å². The Hall–Kier alpha value is -1.91. The van der Waals surface area contributed by atoms with Crippen molar-refractivity contribution in [3.8, 4) is 0 Å². The monoisotopic (exact) mass is 233 g/mol. The van der Waals surface area contributed by atoms with Crippen molar-refractivity contribution in [1.29, 1.82) is 0 Å². The van der Waals surface area contributed by atoms with Gasteiger partial charge in [-0.15, -0.1) is 0 Å². The maximum absolute atomic E-state index is 11.8. The third kappa shape index (κ3) is 2.00. The molecule has 0 bridgehead atoms. The van der Waals surface area contributed by atoms with E-state index in [-0.39, 0.29) is 11.8 Å². The SMILES string of the molecule is CC(C)c1noc2ncc(C(=O)N(C)C)cc12. The van der Waals surface area contributed by atoms with Crippen LogP contribution in [0.2, 0.25) is 0 Å². The topological polar surface area (TPSA) is 59.2 Å². The van der Waals surface area contributed by atoms with Gasteiger partial charge < -0.3 is 9.42 Å². The Bertz CT molecular complexity index is 558. The van der Waals surface area contributed by atoms with Crippen LogP contribution in [0.5, 0.6) is 0 Å². The van der Waals surface area contributed by atoms with Gasteiger partial charge in [0.1, 0.15) is 0 Å². The summed E-state index contributed by atoms with van der Waals surface area (Å²) in [5.74, 6) is 0.165. The molecule has 0 aliphatic rings. The van der Waals surface area contributed by atoms with Crippen LogP contribution in [0.4, 0.5) is 0 Å². The molecule has 0 atom stereocenters. The molecule has 0 N–H and O–H groups in total. The summed E-state index contributed by atoms with van der Waals surface area (Å²) in [6, 6.07) is 1.79. The van der Waals surface area contributed by atoms with Gasteiger partial charge in [-0.3, -0.25) is 4.79 Å². The van der Waals surface area contributed by atoms with Crippen LogP contribution in [0.15, 0.2) is 16.8 Å². The minimum atomic E-state index is -0.0738. The Balaban J connectivity index is 2.55. The van der Waals surface area contributed by atoms with Gasteiger partial charge in [-0.05, 0) is 12.0 Å². The molecule has 5 heteroatoms. The summed E-state index contributed by atoms with van der Waals surface area (Å²) in [6.07, 6.45) is 1.51. The van der Waals surface area contributed by atoms with Crippen LogP contribution in [0, 0.1) is 0 Å². The number of rotatable bonds is 2. The number of fused-ring (bicyclic) bond motifs is 1. The minimum Gasteiger partial charge on any atom is -0.345 e. The first-order valence-corrected chi connectivity index (χ1v) is 5.47. The van der Waals surface area contributed by atoms with Crippen molar-refractivity contribution >= 4 is 17.0 Å². The van der Waals surface area contributed by atoms with E-state index in [0.717, 1.165) is 11.1 Å². The van der Waals surface area contributed by atoms with Gasteiger partial charge in [0.05, 0.1) is 16.6 Å². The summed E-state index contributed by atoms with van der Waals surface area (Å²) in [6.45, 7) is 4.05. The van der Waals surface area contributed by atoms with Crippen LogP contribution in [0.3, 0.4) is 0 Å². The quantitative estimate of drug-likeness (QED) is 0.796. The summed E-state index contributed by atoms with van der Waals surface area (Å²) >= 11 is 0. The predicted octanol–water partition coefficient (Wildman–Crippen LogP) is 2.05. The molecule has 90 valence electrons. The Morgan fingerprint density at radius 3 is 2.71 bits per heavy atom. The predicted molar refractivity (Wildman–Crippen MR) is 63.9 cm³/mol. The fourth-order valence-electron chi connectivity index (χ4n) is 1.64. The highest BCUT2D eigenvalue weighted by atomic mass is 16.5. The summed E-state index contributed by atoms with van der Waals surface area (Å²) < 4.78 is 5.12. The second-order valence-corrected chi connectivity index (χ2v) is 4.50. The number of nitrogens with zero attached hydrogens (tertiary/aromatic N) is 3. The van der Waals surface area contributed by atoms with Crippen molar-refractivity contribution in [2.24, 2.45) is 0 Å². The maximum Gasteiger partial charge on any atom is 0.257 e. The maximum atomic E-state index is 11.8. The lowest BCUT2D eigenvalue weighted by molar-refractivity contribution is 0.0827. The lowest BCUT2D eigenvalue weighted by Crippen LogP contribution is -2.21. The first-order chi connectivity index (χ1) is 8.00. The van der Waals surface area contributed by atoms with Crippen LogP contribution < -0.4 is 0 Å². The molecule has 0 unspecified atom stereocenters. The molecule has 2 heterocycles. The Labute approximate surface area is 99.4 Å². The molecular formula is C12H15N3O2. The number of hydrogen-bond acceptors (Lipinski definition) is 4. The van der Waals surface area contributed by atoms with Crippen molar-refractivity contribution in [3.05, 3.63) is 23.5 Å². The normalized spacial score (nSPS) is 11.1. The number of amides is 1. The largest absolute Gasteiger partial charge is 0.345 e. The van der Waals surface area contributed by atoms with Crippen molar-refractivity contribution in [2.75, 3.05) is 14.1 Å². The molecule has 2 rings (SSSR count). The second-order valence-electron chi connectivity index (χ2n) is 4.50. The van der Waals surface area contributed by atoms with Gasteiger partial charge in [0.2, 0.25) is 0 Å². The van der Waals surface area contributed by atoms with Crippen LogP contribution >= 0.6 is 0 Å². The first kappa shape index (κ1) is 11.6. The molecule has 0 saturated heterocycles. The van der Waals surface area contributed by atoms with Gasteiger partial charge in [0, 0.05) is 20.3 Å². The number of pyridine rings is 1. The van der Waals surface area contributed by atoms with Crippen LogP contribution in [0.25, 0.3) is 11.1 Å². The molecule has 2 aromatic rings.